The molecule has 0 atom stereocenters. The van der Waals surface area contributed by atoms with E-state index in [-0.39, 0.29) is 24.4 Å². The normalized spacial score (nSPS) is 10.8. The molecule has 0 aliphatic rings. The van der Waals surface area contributed by atoms with Crippen LogP contribution < -0.4 is 0 Å². The Morgan fingerprint density at radius 3 is 1.80 bits per heavy atom. The Balaban J connectivity index is 2.26. The van der Waals surface area contributed by atoms with Gasteiger partial charge in [-0.15, -0.1) is 0 Å². The van der Waals surface area contributed by atoms with E-state index < -0.39 is 5.97 Å². The number of amides is 1. The molecule has 0 spiro atoms. The minimum absolute atomic E-state index is 0.0245. The molecule has 4 nitrogen and oxygen atoms in total. The van der Waals surface area contributed by atoms with Crippen LogP contribution in [0.25, 0.3) is 0 Å². The smallest absolute Gasteiger partial charge is 0.325 e. The predicted molar refractivity (Wildman–Crippen MR) is 98.2 cm³/mol. The molecule has 132 valence electrons. The van der Waals surface area contributed by atoms with Crippen LogP contribution in [-0.2, 0) is 14.3 Å². The van der Waals surface area contributed by atoms with Crippen molar-refractivity contribution in [2.24, 2.45) is 0 Å². The maximum atomic E-state index is 12.9. The summed E-state index contributed by atoms with van der Waals surface area (Å²) < 4.78 is 4.72. The van der Waals surface area contributed by atoms with Crippen LogP contribution in [0.2, 0.25) is 0 Å². The van der Waals surface area contributed by atoms with Crippen molar-refractivity contribution < 1.29 is 14.3 Å². The lowest BCUT2D eigenvalue weighted by molar-refractivity contribution is -0.148. The Hall–Kier alpha value is -2.62. The fourth-order valence-electron chi connectivity index (χ4n) is 2.85. The Labute approximate surface area is 149 Å². The average Bonchev–Trinajstić information content (AvgIpc) is 2.64. The number of hydrogen-bond acceptors (Lipinski definition) is 3. The highest BCUT2D eigenvalue weighted by atomic mass is 16.5. The van der Waals surface area contributed by atoms with Gasteiger partial charge in [0.15, 0.2) is 0 Å². The van der Waals surface area contributed by atoms with Crippen LogP contribution >= 0.6 is 0 Å². The summed E-state index contributed by atoms with van der Waals surface area (Å²) in [7, 11) is 1.34. The van der Waals surface area contributed by atoms with E-state index in [1.165, 1.54) is 7.11 Å². The Bertz CT molecular complexity index is 643. The summed E-state index contributed by atoms with van der Waals surface area (Å²) in [5.74, 6) is -0.509. The van der Waals surface area contributed by atoms with E-state index >= 15 is 0 Å². The topological polar surface area (TPSA) is 46.6 Å². The quantitative estimate of drug-likeness (QED) is 0.724. The van der Waals surface area contributed by atoms with Gasteiger partial charge in [0.1, 0.15) is 6.54 Å². The van der Waals surface area contributed by atoms with Crippen molar-refractivity contribution in [3.63, 3.8) is 0 Å². The van der Waals surface area contributed by atoms with Gasteiger partial charge >= 0.3 is 5.97 Å². The molecule has 0 aliphatic carbocycles. The van der Waals surface area contributed by atoms with Crippen LogP contribution in [0, 0.1) is 0 Å². The third kappa shape index (κ3) is 5.18. The number of carbonyl (C=O) groups is 2. The van der Waals surface area contributed by atoms with Crippen LogP contribution in [-0.4, -0.2) is 36.5 Å². The van der Waals surface area contributed by atoms with E-state index in [4.69, 9.17) is 4.74 Å². The molecule has 2 aromatic carbocycles. The van der Waals surface area contributed by atoms with Gasteiger partial charge in [-0.3, -0.25) is 9.59 Å². The van der Waals surface area contributed by atoms with E-state index in [2.05, 4.69) is 0 Å². The molecule has 25 heavy (non-hydrogen) atoms. The van der Waals surface area contributed by atoms with Crippen molar-refractivity contribution in [1.82, 2.24) is 4.90 Å². The summed E-state index contributed by atoms with van der Waals surface area (Å²) in [4.78, 5) is 26.1. The highest BCUT2D eigenvalue weighted by molar-refractivity contribution is 5.83. The molecular formula is C21H25NO3. The van der Waals surface area contributed by atoms with Gasteiger partial charge in [-0.05, 0) is 25.0 Å². The monoisotopic (exact) mass is 339 g/mol. The van der Waals surface area contributed by atoms with Gasteiger partial charge in [-0.1, -0.05) is 60.7 Å². The van der Waals surface area contributed by atoms with E-state index in [1.54, 1.807) is 4.90 Å². The second kappa shape index (κ2) is 9.02. The molecule has 0 heterocycles. The first-order chi connectivity index (χ1) is 12.0. The zero-order valence-electron chi connectivity index (χ0n) is 15.0. The van der Waals surface area contributed by atoms with Crippen LogP contribution in [0.3, 0.4) is 0 Å². The SMILES string of the molecule is COC(=O)CN(C(=O)CC(c1ccccc1)c1ccccc1)C(C)C. The van der Waals surface area contributed by atoms with Crippen LogP contribution in [0.5, 0.6) is 0 Å². The minimum Gasteiger partial charge on any atom is -0.468 e. The van der Waals surface area contributed by atoms with Crippen LogP contribution in [0.1, 0.15) is 37.3 Å². The molecule has 0 fully saturated rings. The van der Waals surface area contributed by atoms with Crippen LogP contribution in [0.4, 0.5) is 0 Å². The number of hydrogen-bond donors (Lipinski definition) is 0. The highest BCUT2D eigenvalue weighted by Gasteiger charge is 2.25. The first-order valence-corrected chi connectivity index (χ1v) is 8.49. The molecule has 2 aromatic rings. The zero-order valence-corrected chi connectivity index (χ0v) is 15.0. The van der Waals surface area contributed by atoms with Crippen molar-refractivity contribution in [3.8, 4) is 0 Å². The average molecular weight is 339 g/mol. The molecule has 0 saturated heterocycles. The van der Waals surface area contributed by atoms with Gasteiger partial charge in [0.2, 0.25) is 5.91 Å². The first-order valence-electron chi connectivity index (χ1n) is 8.49. The van der Waals surface area contributed by atoms with Gasteiger partial charge in [0.25, 0.3) is 0 Å². The molecule has 2 rings (SSSR count). The number of carbonyl (C=O) groups excluding carboxylic acids is 2. The molecule has 0 N–H and O–H groups in total. The van der Waals surface area contributed by atoms with Gasteiger partial charge in [0.05, 0.1) is 7.11 Å². The molecule has 0 bridgehead atoms. The summed E-state index contributed by atoms with van der Waals surface area (Å²) in [6.45, 7) is 3.78. The fraction of sp³-hybridized carbons (Fsp3) is 0.333. The van der Waals surface area contributed by atoms with E-state index in [0.717, 1.165) is 11.1 Å². The number of rotatable bonds is 7. The molecule has 4 heteroatoms. The van der Waals surface area contributed by atoms with Gasteiger partial charge in [-0.2, -0.15) is 0 Å². The Kier molecular flexibility index (Phi) is 6.75. The summed E-state index contributed by atoms with van der Waals surface area (Å²) >= 11 is 0. The number of ether oxygens (including phenoxy) is 1. The molecular weight excluding hydrogens is 314 g/mol. The maximum Gasteiger partial charge on any atom is 0.325 e. The number of methoxy groups -OCH3 is 1. The fourth-order valence-corrected chi connectivity index (χ4v) is 2.85. The summed E-state index contributed by atoms with van der Waals surface area (Å²) in [6.07, 6.45) is 0.309. The number of benzene rings is 2. The van der Waals surface area contributed by atoms with Crippen molar-refractivity contribution >= 4 is 11.9 Å². The molecule has 0 aliphatic heterocycles. The summed E-state index contributed by atoms with van der Waals surface area (Å²) in [5, 5.41) is 0. The van der Waals surface area contributed by atoms with E-state index in [9.17, 15) is 9.59 Å². The third-order valence-corrected chi connectivity index (χ3v) is 4.25. The van der Waals surface area contributed by atoms with Crippen molar-refractivity contribution in [2.45, 2.75) is 32.2 Å². The molecule has 0 aromatic heterocycles. The molecule has 0 saturated carbocycles. The largest absolute Gasteiger partial charge is 0.468 e. The molecule has 1 amide bonds. The summed E-state index contributed by atoms with van der Waals surface area (Å²) in [6, 6.07) is 19.9. The van der Waals surface area contributed by atoms with Gasteiger partial charge in [-0.25, -0.2) is 0 Å². The second-order valence-electron chi connectivity index (χ2n) is 6.27. The van der Waals surface area contributed by atoms with E-state index in [0.29, 0.717) is 6.42 Å². The number of esters is 1. The maximum absolute atomic E-state index is 12.9. The summed E-state index contributed by atoms with van der Waals surface area (Å²) in [5.41, 5.74) is 2.17. The molecule has 0 radical (unpaired) electrons. The van der Waals surface area contributed by atoms with Crippen molar-refractivity contribution in [3.05, 3.63) is 71.8 Å². The Morgan fingerprint density at radius 2 is 1.40 bits per heavy atom. The van der Waals surface area contributed by atoms with Crippen LogP contribution in [0.15, 0.2) is 60.7 Å². The van der Waals surface area contributed by atoms with Gasteiger partial charge in [0, 0.05) is 18.4 Å². The third-order valence-electron chi connectivity index (χ3n) is 4.25. The first kappa shape index (κ1) is 18.7. The predicted octanol–water partition coefficient (Wildman–Crippen LogP) is 3.62. The second-order valence-corrected chi connectivity index (χ2v) is 6.27. The highest BCUT2D eigenvalue weighted by Crippen LogP contribution is 2.28. The lowest BCUT2D eigenvalue weighted by Crippen LogP contribution is -2.41. The molecule has 0 unspecified atom stereocenters. The van der Waals surface area contributed by atoms with Gasteiger partial charge < -0.3 is 9.64 Å². The zero-order chi connectivity index (χ0) is 18.2. The lowest BCUT2D eigenvalue weighted by Gasteiger charge is -2.28. The standard InChI is InChI=1S/C21H25NO3/c1-16(2)22(15-21(24)25-3)20(23)14-19(17-10-6-4-7-11-17)18-12-8-5-9-13-18/h4-13,16,19H,14-15H2,1-3H3. The number of nitrogens with zero attached hydrogens (tertiary/aromatic N) is 1. The van der Waals surface area contributed by atoms with Crippen molar-refractivity contribution in [2.75, 3.05) is 13.7 Å². The van der Waals surface area contributed by atoms with E-state index in [1.807, 2.05) is 74.5 Å². The minimum atomic E-state index is -0.405. The Morgan fingerprint density at radius 1 is 0.920 bits per heavy atom. The van der Waals surface area contributed by atoms with Crippen molar-refractivity contribution in [1.29, 1.82) is 0 Å². The lowest BCUT2D eigenvalue weighted by atomic mass is 9.88.